The lowest BCUT2D eigenvalue weighted by atomic mass is 10.1. The molecule has 108 valence electrons. The SMILES string of the molecule is Cc1ccc(-n2cc(CCCNC(C)(C)C)cn2)nn1. The molecule has 20 heavy (non-hydrogen) atoms. The van der Waals surface area contributed by atoms with E-state index in [0.717, 1.165) is 30.9 Å². The topological polar surface area (TPSA) is 55.6 Å². The third kappa shape index (κ3) is 4.42. The van der Waals surface area contributed by atoms with Crippen molar-refractivity contribution >= 4 is 0 Å². The normalized spacial score (nSPS) is 11.8. The van der Waals surface area contributed by atoms with E-state index in [9.17, 15) is 0 Å². The molecule has 0 aliphatic rings. The van der Waals surface area contributed by atoms with Crippen LogP contribution in [0.15, 0.2) is 24.5 Å². The van der Waals surface area contributed by atoms with Crippen LogP contribution in [0.2, 0.25) is 0 Å². The molecule has 2 aromatic heterocycles. The lowest BCUT2D eigenvalue weighted by molar-refractivity contribution is 0.422. The highest BCUT2D eigenvalue weighted by Crippen LogP contribution is 2.07. The van der Waals surface area contributed by atoms with Gasteiger partial charge in [-0.15, -0.1) is 5.10 Å². The molecule has 0 aliphatic carbocycles. The van der Waals surface area contributed by atoms with Crippen LogP contribution in [-0.2, 0) is 6.42 Å². The van der Waals surface area contributed by atoms with Crippen molar-refractivity contribution in [2.75, 3.05) is 6.54 Å². The molecule has 0 radical (unpaired) electrons. The number of rotatable bonds is 5. The summed E-state index contributed by atoms with van der Waals surface area (Å²) in [5.74, 6) is 0.759. The Morgan fingerprint density at radius 3 is 2.65 bits per heavy atom. The summed E-state index contributed by atoms with van der Waals surface area (Å²) in [5.41, 5.74) is 2.32. The average Bonchev–Trinajstić information content (AvgIpc) is 2.83. The van der Waals surface area contributed by atoms with Gasteiger partial charge in [0, 0.05) is 11.7 Å². The third-order valence-corrected chi connectivity index (χ3v) is 2.95. The van der Waals surface area contributed by atoms with Gasteiger partial charge in [0.15, 0.2) is 5.82 Å². The maximum Gasteiger partial charge on any atom is 0.175 e. The Hall–Kier alpha value is -1.75. The van der Waals surface area contributed by atoms with Crippen molar-refractivity contribution in [1.82, 2.24) is 25.3 Å². The molecule has 2 heterocycles. The first-order chi connectivity index (χ1) is 9.44. The first-order valence-corrected chi connectivity index (χ1v) is 7.03. The molecule has 5 nitrogen and oxygen atoms in total. The number of hydrogen-bond donors (Lipinski definition) is 1. The van der Waals surface area contributed by atoms with Crippen LogP contribution in [0.25, 0.3) is 5.82 Å². The van der Waals surface area contributed by atoms with Crippen LogP contribution in [0.3, 0.4) is 0 Å². The van der Waals surface area contributed by atoms with Crippen molar-refractivity contribution in [3.63, 3.8) is 0 Å². The van der Waals surface area contributed by atoms with Crippen LogP contribution in [0.5, 0.6) is 0 Å². The highest BCUT2D eigenvalue weighted by molar-refractivity contribution is 5.22. The highest BCUT2D eigenvalue weighted by atomic mass is 15.3. The first kappa shape index (κ1) is 14.7. The number of nitrogens with one attached hydrogen (secondary N) is 1. The van der Waals surface area contributed by atoms with E-state index in [-0.39, 0.29) is 5.54 Å². The second kappa shape index (κ2) is 6.13. The standard InChI is InChI=1S/C15H23N5/c1-12-7-8-14(19-18-12)20-11-13(10-17-20)6-5-9-16-15(2,3)4/h7-8,10-11,16H,5-6,9H2,1-4H3. The van der Waals surface area contributed by atoms with Crippen LogP contribution in [0.4, 0.5) is 0 Å². The minimum absolute atomic E-state index is 0.182. The minimum Gasteiger partial charge on any atom is -0.312 e. The Morgan fingerprint density at radius 2 is 2.00 bits per heavy atom. The predicted molar refractivity (Wildman–Crippen MR) is 80.0 cm³/mol. The smallest absolute Gasteiger partial charge is 0.175 e. The molecule has 0 aromatic carbocycles. The van der Waals surface area contributed by atoms with E-state index in [4.69, 9.17) is 0 Å². The summed E-state index contributed by atoms with van der Waals surface area (Å²) in [5, 5.41) is 16.0. The highest BCUT2D eigenvalue weighted by Gasteiger charge is 2.08. The lowest BCUT2D eigenvalue weighted by Crippen LogP contribution is -2.36. The molecule has 2 rings (SSSR count). The van der Waals surface area contributed by atoms with E-state index in [1.54, 1.807) is 4.68 Å². The molecule has 0 saturated heterocycles. The fourth-order valence-electron chi connectivity index (χ4n) is 1.88. The Bertz CT molecular complexity index is 536. The zero-order valence-corrected chi connectivity index (χ0v) is 12.7. The van der Waals surface area contributed by atoms with Crippen LogP contribution in [-0.4, -0.2) is 32.1 Å². The molecule has 0 unspecified atom stereocenters. The average molecular weight is 273 g/mol. The summed E-state index contributed by atoms with van der Waals surface area (Å²) in [4.78, 5) is 0. The molecule has 1 N–H and O–H groups in total. The van der Waals surface area contributed by atoms with E-state index in [2.05, 4.69) is 41.4 Å². The van der Waals surface area contributed by atoms with Gasteiger partial charge in [-0.3, -0.25) is 0 Å². The zero-order valence-electron chi connectivity index (χ0n) is 12.7. The third-order valence-electron chi connectivity index (χ3n) is 2.95. The molecular weight excluding hydrogens is 250 g/mol. The second-order valence-electron chi connectivity index (χ2n) is 6.11. The number of aryl methyl sites for hydroxylation is 2. The van der Waals surface area contributed by atoms with Gasteiger partial charge in [0.25, 0.3) is 0 Å². The molecule has 0 aliphatic heterocycles. The van der Waals surface area contributed by atoms with E-state index in [1.165, 1.54) is 5.56 Å². The first-order valence-electron chi connectivity index (χ1n) is 7.03. The van der Waals surface area contributed by atoms with Crippen molar-refractivity contribution in [1.29, 1.82) is 0 Å². The molecule has 5 heteroatoms. The molecule has 0 amide bonds. The Labute approximate surface area is 120 Å². The quantitative estimate of drug-likeness (QED) is 0.849. The van der Waals surface area contributed by atoms with E-state index in [0.29, 0.717) is 0 Å². The molecule has 0 atom stereocenters. The summed E-state index contributed by atoms with van der Waals surface area (Å²) in [7, 11) is 0. The van der Waals surface area contributed by atoms with Crippen molar-refractivity contribution in [3.8, 4) is 5.82 Å². The summed E-state index contributed by atoms with van der Waals surface area (Å²) in [6, 6.07) is 3.87. The summed E-state index contributed by atoms with van der Waals surface area (Å²) < 4.78 is 1.78. The molecule has 0 fully saturated rings. The van der Waals surface area contributed by atoms with Gasteiger partial charge in [-0.2, -0.15) is 10.2 Å². The van der Waals surface area contributed by atoms with Crippen molar-refractivity contribution in [2.24, 2.45) is 0 Å². The Kier molecular flexibility index (Phi) is 4.49. The van der Waals surface area contributed by atoms with Crippen molar-refractivity contribution in [3.05, 3.63) is 35.8 Å². The van der Waals surface area contributed by atoms with Crippen LogP contribution < -0.4 is 5.32 Å². The maximum atomic E-state index is 4.34. The maximum absolute atomic E-state index is 4.34. The summed E-state index contributed by atoms with van der Waals surface area (Å²) in [6.07, 6.45) is 6.04. The van der Waals surface area contributed by atoms with Crippen LogP contribution in [0.1, 0.15) is 38.4 Å². The van der Waals surface area contributed by atoms with Crippen LogP contribution in [0, 0.1) is 6.92 Å². The van der Waals surface area contributed by atoms with Crippen molar-refractivity contribution in [2.45, 2.75) is 46.1 Å². The molecule has 0 bridgehead atoms. The Morgan fingerprint density at radius 1 is 1.20 bits per heavy atom. The number of aromatic nitrogens is 4. The molecule has 0 saturated carbocycles. The Balaban J connectivity index is 1.88. The molecule has 2 aromatic rings. The van der Waals surface area contributed by atoms with Gasteiger partial charge in [0.05, 0.1) is 11.9 Å². The molecular formula is C15H23N5. The predicted octanol–water partition coefficient (Wildman–Crippen LogP) is 2.29. The monoisotopic (exact) mass is 273 g/mol. The van der Waals surface area contributed by atoms with Gasteiger partial charge in [-0.05, 0) is 64.8 Å². The van der Waals surface area contributed by atoms with Crippen LogP contribution >= 0.6 is 0 Å². The van der Waals surface area contributed by atoms with Gasteiger partial charge in [0.1, 0.15) is 0 Å². The van der Waals surface area contributed by atoms with Crippen molar-refractivity contribution < 1.29 is 0 Å². The number of nitrogens with zero attached hydrogens (tertiary/aromatic N) is 4. The fourth-order valence-corrected chi connectivity index (χ4v) is 1.88. The largest absolute Gasteiger partial charge is 0.312 e. The fraction of sp³-hybridized carbons (Fsp3) is 0.533. The molecule has 0 spiro atoms. The minimum atomic E-state index is 0.182. The van der Waals surface area contributed by atoms with Gasteiger partial charge in [0.2, 0.25) is 0 Å². The van der Waals surface area contributed by atoms with Gasteiger partial charge < -0.3 is 5.32 Å². The summed E-state index contributed by atoms with van der Waals surface area (Å²) in [6.45, 7) is 9.48. The van der Waals surface area contributed by atoms with E-state index in [1.807, 2.05) is 31.5 Å². The van der Waals surface area contributed by atoms with E-state index >= 15 is 0 Å². The second-order valence-corrected chi connectivity index (χ2v) is 6.11. The van der Waals surface area contributed by atoms with Gasteiger partial charge in [-0.25, -0.2) is 4.68 Å². The van der Waals surface area contributed by atoms with E-state index < -0.39 is 0 Å². The lowest BCUT2D eigenvalue weighted by Gasteiger charge is -2.20. The summed E-state index contributed by atoms with van der Waals surface area (Å²) >= 11 is 0. The number of hydrogen-bond acceptors (Lipinski definition) is 4. The van der Waals surface area contributed by atoms with Gasteiger partial charge in [-0.1, -0.05) is 0 Å². The zero-order chi connectivity index (χ0) is 14.6. The van der Waals surface area contributed by atoms with Gasteiger partial charge >= 0.3 is 0 Å².